The molecule has 3 nitrogen and oxygen atoms in total. The molecule has 0 N–H and O–H groups in total. The van der Waals surface area contributed by atoms with Gasteiger partial charge < -0.3 is 0 Å². The maximum Gasteiger partial charge on any atom is 0.0865 e. The van der Waals surface area contributed by atoms with Crippen LogP contribution in [-0.4, -0.2) is 14.8 Å². The topological polar surface area (TPSA) is 30.7 Å². The van der Waals surface area contributed by atoms with E-state index in [1.54, 1.807) is 0 Å². The lowest BCUT2D eigenvalue weighted by molar-refractivity contribution is 0.557. The second kappa shape index (κ2) is 3.81. The van der Waals surface area contributed by atoms with E-state index >= 15 is 0 Å². The van der Waals surface area contributed by atoms with Crippen LogP contribution in [0.3, 0.4) is 0 Å². The highest BCUT2D eigenvalue weighted by molar-refractivity contribution is 5.82. The summed E-state index contributed by atoms with van der Waals surface area (Å²) in [6.07, 6.45) is 1.94. The summed E-state index contributed by atoms with van der Waals surface area (Å²) < 4.78 is 1.93. The van der Waals surface area contributed by atoms with Crippen LogP contribution in [0.4, 0.5) is 0 Å². The van der Waals surface area contributed by atoms with Gasteiger partial charge in [0.2, 0.25) is 0 Å². The zero-order valence-electron chi connectivity index (χ0n) is 12.5. The third kappa shape index (κ3) is 2.14. The molecular weight excluding hydrogens is 222 g/mol. The zero-order valence-corrected chi connectivity index (χ0v) is 12.5. The van der Waals surface area contributed by atoms with Crippen LogP contribution in [-0.2, 0) is 17.9 Å². The number of hydrogen-bond donors (Lipinski definition) is 0. The molecule has 2 aromatic heterocycles. The van der Waals surface area contributed by atoms with Gasteiger partial charge in [-0.05, 0) is 6.07 Å². The quantitative estimate of drug-likeness (QED) is 0.710. The average molecular weight is 245 g/mol. The fourth-order valence-corrected chi connectivity index (χ4v) is 2.12. The molecule has 0 fully saturated rings. The minimum atomic E-state index is 0.0516. The van der Waals surface area contributed by atoms with Crippen molar-refractivity contribution < 1.29 is 0 Å². The number of aryl methyl sites for hydroxylation is 1. The molecule has 3 heteroatoms. The summed E-state index contributed by atoms with van der Waals surface area (Å²) in [5.41, 5.74) is 3.49. The highest BCUT2D eigenvalue weighted by atomic mass is 15.3. The Morgan fingerprint density at radius 3 is 2.11 bits per heavy atom. The van der Waals surface area contributed by atoms with Crippen molar-refractivity contribution in [2.45, 2.75) is 52.4 Å². The van der Waals surface area contributed by atoms with Gasteiger partial charge in [0.25, 0.3) is 0 Å². The lowest BCUT2D eigenvalue weighted by Gasteiger charge is -2.19. The first-order chi connectivity index (χ1) is 8.10. The number of rotatable bonds is 0. The van der Waals surface area contributed by atoms with Crippen LogP contribution in [0.1, 0.15) is 52.9 Å². The van der Waals surface area contributed by atoms with Crippen LogP contribution in [0.25, 0.3) is 10.9 Å². The number of pyridine rings is 1. The van der Waals surface area contributed by atoms with Crippen LogP contribution in [0.2, 0.25) is 0 Å². The normalized spacial score (nSPS) is 13.3. The summed E-state index contributed by atoms with van der Waals surface area (Å²) in [4.78, 5) is 4.57. The van der Waals surface area contributed by atoms with Gasteiger partial charge in [-0.15, -0.1) is 0 Å². The van der Waals surface area contributed by atoms with Gasteiger partial charge >= 0.3 is 0 Å². The van der Waals surface area contributed by atoms with Crippen molar-refractivity contribution in [3.05, 3.63) is 23.7 Å². The number of fused-ring (bicyclic) bond motifs is 1. The van der Waals surface area contributed by atoms with E-state index < -0.39 is 0 Å². The number of aromatic nitrogens is 3. The smallest absolute Gasteiger partial charge is 0.0865 e. The maximum atomic E-state index is 4.66. The van der Waals surface area contributed by atoms with Gasteiger partial charge in [-0.3, -0.25) is 9.67 Å². The molecule has 2 heterocycles. The van der Waals surface area contributed by atoms with E-state index in [1.165, 1.54) is 5.39 Å². The summed E-state index contributed by atoms with van der Waals surface area (Å²) in [7, 11) is 1.98. The Bertz CT molecular complexity index is 580. The molecule has 0 aromatic carbocycles. The standard InChI is InChI=1S/C15H23N3/c1-14(2,3)12-8-10-11(9-16-12)18(7)17-13(10)15(4,5)6/h8-9H,1-7H3. The molecule has 0 spiro atoms. The molecule has 0 atom stereocenters. The maximum absolute atomic E-state index is 4.66. The van der Waals surface area contributed by atoms with Gasteiger partial charge in [0.15, 0.2) is 0 Å². The van der Waals surface area contributed by atoms with Crippen LogP contribution in [0.15, 0.2) is 12.3 Å². The molecule has 0 amide bonds. The third-order valence-electron chi connectivity index (χ3n) is 3.22. The van der Waals surface area contributed by atoms with Crippen LogP contribution >= 0.6 is 0 Å². The minimum Gasteiger partial charge on any atom is -0.266 e. The second-order valence-electron chi connectivity index (χ2n) is 7.06. The SMILES string of the molecule is Cn1nc(C(C)(C)C)c2cc(C(C)(C)C)ncc21. The molecule has 2 aromatic rings. The summed E-state index contributed by atoms with van der Waals surface area (Å²) in [5, 5.41) is 5.89. The predicted octanol–water partition coefficient (Wildman–Crippen LogP) is 3.56. The molecular formula is C15H23N3. The highest BCUT2D eigenvalue weighted by Gasteiger charge is 2.24. The van der Waals surface area contributed by atoms with Gasteiger partial charge in [-0.25, -0.2) is 0 Å². The molecule has 0 radical (unpaired) electrons. The van der Waals surface area contributed by atoms with Gasteiger partial charge in [0, 0.05) is 29.0 Å². The summed E-state index contributed by atoms with van der Waals surface area (Å²) in [6.45, 7) is 13.2. The van der Waals surface area contributed by atoms with E-state index in [0.717, 1.165) is 16.9 Å². The molecule has 0 aliphatic carbocycles. The first-order valence-corrected chi connectivity index (χ1v) is 6.44. The fourth-order valence-electron chi connectivity index (χ4n) is 2.12. The lowest BCUT2D eigenvalue weighted by atomic mass is 9.87. The van der Waals surface area contributed by atoms with Crippen molar-refractivity contribution in [1.29, 1.82) is 0 Å². The minimum absolute atomic E-state index is 0.0516. The Kier molecular flexibility index (Phi) is 2.76. The molecule has 0 saturated carbocycles. The van der Waals surface area contributed by atoms with Crippen LogP contribution in [0.5, 0.6) is 0 Å². The number of nitrogens with zero attached hydrogens (tertiary/aromatic N) is 3. The van der Waals surface area contributed by atoms with E-state index in [9.17, 15) is 0 Å². The van der Waals surface area contributed by atoms with E-state index in [-0.39, 0.29) is 10.8 Å². The second-order valence-corrected chi connectivity index (χ2v) is 7.06. The molecule has 98 valence electrons. The average Bonchev–Trinajstić information content (AvgIpc) is 2.54. The van der Waals surface area contributed by atoms with Gasteiger partial charge in [0.05, 0.1) is 17.4 Å². The van der Waals surface area contributed by atoms with Gasteiger partial charge in [-0.1, -0.05) is 41.5 Å². The zero-order chi connectivity index (χ0) is 13.7. The molecule has 0 aliphatic rings. The first-order valence-electron chi connectivity index (χ1n) is 6.44. The van der Waals surface area contributed by atoms with Gasteiger partial charge in [-0.2, -0.15) is 5.10 Å². The van der Waals surface area contributed by atoms with Crippen LogP contribution in [0, 0.1) is 0 Å². The molecule has 2 rings (SSSR count). The Morgan fingerprint density at radius 2 is 1.61 bits per heavy atom. The molecule has 18 heavy (non-hydrogen) atoms. The summed E-state index contributed by atoms with van der Waals surface area (Å²) >= 11 is 0. The van der Waals surface area contributed by atoms with Crippen LogP contribution < -0.4 is 0 Å². The van der Waals surface area contributed by atoms with Crippen molar-refractivity contribution in [2.75, 3.05) is 0 Å². The highest BCUT2D eigenvalue weighted by Crippen LogP contribution is 2.31. The Morgan fingerprint density at radius 1 is 1.00 bits per heavy atom. The third-order valence-corrected chi connectivity index (χ3v) is 3.22. The fraction of sp³-hybridized carbons (Fsp3) is 0.600. The molecule has 0 bridgehead atoms. The first kappa shape index (κ1) is 13.1. The Labute approximate surface area is 109 Å². The van der Waals surface area contributed by atoms with E-state index in [4.69, 9.17) is 0 Å². The molecule has 0 aliphatic heterocycles. The monoisotopic (exact) mass is 245 g/mol. The van der Waals surface area contributed by atoms with E-state index in [2.05, 4.69) is 57.7 Å². The van der Waals surface area contributed by atoms with Crippen molar-refractivity contribution >= 4 is 10.9 Å². The van der Waals surface area contributed by atoms with Crippen molar-refractivity contribution in [3.8, 4) is 0 Å². The molecule has 0 saturated heterocycles. The Balaban J connectivity index is 2.75. The lowest BCUT2D eigenvalue weighted by Crippen LogP contribution is -2.14. The van der Waals surface area contributed by atoms with E-state index in [1.807, 2.05) is 17.9 Å². The summed E-state index contributed by atoms with van der Waals surface area (Å²) in [5.74, 6) is 0. The van der Waals surface area contributed by atoms with Crippen molar-refractivity contribution in [3.63, 3.8) is 0 Å². The number of hydrogen-bond acceptors (Lipinski definition) is 2. The van der Waals surface area contributed by atoms with E-state index in [0.29, 0.717) is 0 Å². The van der Waals surface area contributed by atoms with Crippen molar-refractivity contribution in [1.82, 2.24) is 14.8 Å². The van der Waals surface area contributed by atoms with Gasteiger partial charge in [0.1, 0.15) is 0 Å². The van der Waals surface area contributed by atoms with Crippen molar-refractivity contribution in [2.24, 2.45) is 7.05 Å². The predicted molar refractivity (Wildman–Crippen MR) is 75.9 cm³/mol. The largest absolute Gasteiger partial charge is 0.266 e. The molecule has 0 unspecified atom stereocenters. The summed E-state index contributed by atoms with van der Waals surface area (Å²) in [6, 6.07) is 2.20. The Hall–Kier alpha value is -1.38.